The van der Waals surface area contributed by atoms with Crippen LogP contribution in [0.5, 0.6) is 0 Å². The van der Waals surface area contributed by atoms with Gasteiger partial charge in [-0.05, 0) is 6.42 Å². The third kappa shape index (κ3) is 41.3. The van der Waals surface area contributed by atoms with Gasteiger partial charge < -0.3 is 9.84 Å². The van der Waals surface area contributed by atoms with Gasteiger partial charge in [-0.2, -0.15) is 0 Å². The van der Waals surface area contributed by atoms with E-state index in [1.54, 1.807) is 0 Å². The van der Waals surface area contributed by atoms with Crippen LogP contribution in [-0.2, 0) is 14.3 Å². The van der Waals surface area contributed by atoms with Crippen LogP contribution in [0, 0.1) is 0 Å². The van der Waals surface area contributed by atoms with Gasteiger partial charge in [-0.1, -0.05) is 39.7 Å². The molecule has 0 aliphatic carbocycles. The normalized spacial score (nSPS) is 6.88. The number of ether oxygens (including phenoxy) is 1. The first-order valence-electron chi connectivity index (χ1n) is 4.93. The predicted octanol–water partition coefficient (Wildman–Crippen LogP) is 2.73. The van der Waals surface area contributed by atoms with Gasteiger partial charge in [0.25, 0.3) is 0 Å². The number of hydrogen-bond donors (Lipinski definition) is 1. The molecule has 0 heterocycles. The molecule has 0 radical (unpaired) electrons. The van der Waals surface area contributed by atoms with Crippen molar-refractivity contribution in [2.45, 2.75) is 19.8 Å². The van der Waals surface area contributed by atoms with Gasteiger partial charge in [0.1, 0.15) is 0 Å². The first-order chi connectivity index (χ1) is 7.99. The molecule has 0 atom stereocenters. The van der Waals surface area contributed by atoms with Gasteiger partial charge in [0, 0.05) is 12.2 Å². The highest BCUT2D eigenvalue weighted by molar-refractivity contribution is 5.81. The Bertz CT molecular complexity index is 261. The Hall–Kier alpha value is -2.06. The molecular formula is C13H20O4. The van der Waals surface area contributed by atoms with E-state index < -0.39 is 5.97 Å². The van der Waals surface area contributed by atoms with Crippen molar-refractivity contribution in [1.29, 1.82) is 0 Å². The van der Waals surface area contributed by atoms with E-state index in [1.165, 1.54) is 6.08 Å². The van der Waals surface area contributed by atoms with E-state index in [0.29, 0.717) is 6.61 Å². The van der Waals surface area contributed by atoms with Crippen molar-refractivity contribution in [3.63, 3.8) is 0 Å². The van der Waals surface area contributed by atoms with E-state index in [9.17, 15) is 9.59 Å². The first kappa shape index (κ1) is 20.4. The molecule has 4 heteroatoms. The Kier molecular flexibility index (Phi) is 23.4. The molecule has 0 aliphatic heterocycles. The summed E-state index contributed by atoms with van der Waals surface area (Å²) in [5, 5.41) is 7.60. The summed E-state index contributed by atoms with van der Waals surface area (Å²) in [6.07, 6.45) is 3.99. The Morgan fingerprint density at radius 1 is 1.29 bits per heavy atom. The molecule has 0 aliphatic rings. The molecule has 1 N–H and O–H groups in total. The van der Waals surface area contributed by atoms with E-state index in [0.717, 1.165) is 18.9 Å². The van der Waals surface area contributed by atoms with Crippen LogP contribution >= 0.6 is 0 Å². The molecule has 0 saturated carbocycles. The average molecular weight is 240 g/mol. The third-order valence-electron chi connectivity index (χ3n) is 1.08. The van der Waals surface area contributed by atoms with Gasteiger partial charge >= 0.3 is 11.9 Å². The zero-order valence-corrected chi connectivity index (χ0v) is 10.3. The number of esters is 1. The smallest absolute Gasteiger partial charge is 0.330 e. The van der Waals surface area contributed by atoms with Crippen LogP contribution in [0.15, 0.2) is 44.2 Å². The largest absolute Gasteiger partial charge is 0.478 e. The second kappa shape index (κ2) is 19.5. The molecule has 0 saturated heterocycles. The van der Waals surface area contributed by atoms with Gasteiger partial charge in [-0.15, -0.1) is 5.73 Å². The van der Waals surface area contributed by atoms with E-state index >= 15 is 0 Å². The maximum Gasteiger partial charge on any atom is 0.330 e. The van der Waals surface area contributed by atoms with E-state index in [4.69, 9.17) is 5.11 Å². The van der Waals surface area contributed by atoms with E-state index in [2.05, 4.69) is 36.8 Å². The minimum Gasteiger partial charge on any atom is -0.478 e. The van der Waals surface area contributed by atoms with Crippen LogP contribution < -0.4 is 0 Å². The van der Waals surface area contributed by atoms with Crippen LogP contribution in [0.2, 0.25) is 0 Å². The minimum absolute atomic E-state index is 0.330. The van der Waals surface area contributed by atoms with Crippen molar-refractivity contribution in [3.8, 4) is 0 Å². The van der Waals surface area contributed by atoms with Crippen molar-refractivity contribution in [3.05, 3.63) is 44.2 Å². The molecule has 4 nitrogen and oxygen atoms in total. The average Bonchev–Trinajstić information content (AvgIpc) is 2.31. The van der Waals surface area contributed by atoms with Crippen molar-refractivity contribution < 1.29 is 19.4 Å². The Morgan fingerprint density at radius 2 is 1.71 bits per heavy atom. The highest BCUT2D eigenvalue weighted by atomic mass is 16.5. The molecule has 0 amide bonds. The van der Waals surface area contributed by atoms with Crippen molar-refractivity contribution in [1.82, 2.24) is 0 Å². The Balaban J connectivity index is -0.000000207. The number of carboxylic acids is 1. The number of carbonyl (C=O) groups is 2. The fourth-order valence-electron chi connectivity index (χ4n) is 0.376. The number of aliphatic carboxylic acids is 1. The van der Waals surface area contributed by atoms with Crippen molar-refractivity contribution >= 4 is 11.9 Å². The lowest BCUT2D eigenvalue weighted by Crippen LogP contribution is -2.00. The van der Waals surface area contributed by atoms with Crippen molar-refractivity contribution in [2.24, 2.45) is 0 Å². The van der Waals surface area contributed by atoms with E-state index in [1.807, 2.05) is 6.92 Å². The summed E-state index contributed by atoms with van der Waals surface area (Å²) in [7, 11) is 0. The van der Waals surface area contributed by atoms with Crippen LogP contribution in [0.3, 0.4) is 0 Å². The second-order valence-corrected chi connectivity index (χ2v) is 2.52. The third-order valence-corrected chi connectivity index (χ3v) is 1.08. The molecule has 0 fully saturated rings. The molecule has 17 heavy (non-hydrogen) atoms. The Labute approximate surface area is 103 Å². The topological polar surface area (TPSA) is 63.6 Å². The van der Waals surface area contributed by atoms with Crippen LogP contribution in [0.1, 0.15) is 19.8 Å². The van der Waals surface area contributed by atoms with Gasteiger partial charge in [0.05, 0.1) is 6.61 Å². The van der Waals surface area contributed by atoms with Crippen LogP contribution in [-0.4, -0.2) is 23.7 Å². The predicted molar refractivity (Wildman–Crippen MR) is 68.7 cm³/mol. The minimum atomic E-state index is -0.981. The van der Waals surface area contributed by atoms with Gasteiger partial charge in [-0.3, -0.25) is 0 Å². The van der Waals surface area contributed by atoms with E-state index in [-0.39, 0.29) is 5.97 Å². The molecule has 0 aromatic heterocycles. The second-order valence-electron chi connectivity index (χ2n) is 2.52. The fourth-order valence-corrected chi connectivity index (χ4v) is 0.376. The molecule has 0 aromatic rings. The lowest BCUT2D eigenvalue weighted by atomic mass is 10.4. The molecule has 0 unspecified atom stereocenters. The lowest BCUT2D eigenvalue weighted by molar-refractivity contribution is -0.137. The SMILES string of the molecule is C=C=C.C=CC(=O)O.C=CC(=O)OCCCC. The summed E-state index contributed by atoms with van der Waals surface area (Å²) >= 11 is 0. The zero-order chi connectivity index (χ0) is 14.1. The molecule has 0 spiro atoms. The summed E-state index contributed by atoms with van der Waals surface area (Å²) in [5.41, 5.74) is 2.25. The number of unbranched alkanes of at least 4 members (excludes halogenated alkanes) is 1. The molecule has 0 rings (SSSR count). The quantitative estimate of drug-likeness (QED) is 0.347. The molecule has 96 valence electrons. The summed E-state index contributed by atoms with van der Waals surface area (Å²) in [5.74, 6) is -1.31. The lowest BCUT2D eigenvalue weighted by Gasteiger charge is -1.97. The van der Waals surface area contributed by atoms with Crippen LogP contribution in [0.4, 0.5) is 0 Å². The number of hydrogen-bond acceptors (Lipinski definition) is 3. The summed E-state index contributed by atoms with van der Waals surface area (Å²) in [6, 6.07) is 0. The fraction of sp³-hybridized carbons (Fsp3) is 0.308. The highest BCUT2D eigenvalue weighted by Crippen LogP contribution is 1.88. The zero-order valence-electron chi connectivity index (χ0n) is 10.3. The highest BCUT2D eigenvalue weighted by Gasteiger charge is 1.91. The summed E-state index contributed by atoms with van der Waals surface area (Å²) in [4.78, 5) is 19.6. The molecular weight excluding hydrogens is 220 g/mol. The standard InChI is InChI=1S/C7H12O2.C3H4O2.C3H4/c1-3-5-6-9-7(8)4-2;1-2-3(4)5;1-3-2/h4H,2-3,5-6H2,1H3;2H,1H2,(H,4,5);1-2H2. The molecule has 0 bridgehead atoms. The number of carbonyl (C=O) groups excluding carboxylic acids is 1. The summed E-state index contributed by atoms with van der Waals surface area (Å²) in [6.45, 7) is 15.0. The van der Waals surface area contributed by atoms with Crippen LogP contribution in [0.25, 0.3) is 0 Å². The number of carboxylic acid groups (broad SMARTS) is 1. The summed E-state index contributed by atoms with van der Waals surface area (Å²) < 4.78 is 4.67. The maximum absolute atomic E-state index is 10.3. The van der Waals surface area contributed by atoms with Crippen molar-refractivity contribution in [2.75, 3.05) is 6.61 Å². The van der Waals surface area contributed by atoms with Gasteiger partial charge in [0.15, 0.2) is 0 Å². The number of rotatable bonds is 5. The van der Waals surface area contributed by atoms with Gasteiger partial charge in [-0.25, -0.2) is 9.59 Å². The first-order valence-corrected chi connectivity index (χ1v) is 4.93. The molecule has 0 aromatic carbocycles. The monoisotopic (exact) mass is 240 g/mol. The van der Waals surface area contributed by atoms with Gasteiger partial charge in [0.2, 0.25) is 0 Å². The maximum atomic E-state index is 10.3. The Morgan fingerprint density at radius 3 is 1.94 bits per heavy atom.